The first kappa shape index (κ1) is 31.1. The van der Waals surface area contributed by atoms with E-state index in [1.807, 2.05) is 55.4 Å². The molecule has 7 rings (SSSR count). The topological polar surface area (TPSA) is 129 Å². The second-order valence-electron chi connectivity index (χ2n) is 15.2. The SMILES string of the molecule is C=CC(C)(C)c1c2c(c(O)c3ccc(=O)oc13)[C@H]1O[C@H]3c4c(c(C(C)(C)C=C)c5oc(=O)ccc5c4O)OC(C)(C)[C@H]3[C@@H]1C(C)(C)O2. The molecule has 3 aliphatic rings. The Kier molecular flexibility index (Phi) is 6.31. The Hall–Kier alpha value is -4.50. The molecule has 3 aliphatic heterocycles. The molecule has 4 aromatic rings. The highest BCUT2D eigenvalue weighted by atomic mass is 16.6. The van der Waals surface area contributed by atoms with Crippen molar-refractivity contribution in [2.75, 3.05) is 0 Å². The zero-order valence-electron chi connectivity index (χ0n) is 27.9. The van der Waals surface area contributed by atoms with E-state index in [0.717, 1.165) is 0 Å². The summed E-state index contributed by atoms with van der Waals surface area (Å²) in [6, 6.07) is 5.65. The predicted molar refractivity (Wildman–Crippen MR) is 178 cm³/mol. The van der Waals surface area contributed by atoms with E-state index in [9.17, 15) is 19.8 Å². The van der Waals surface area contributed by atoms with Crippen LogP contribution in [-0.2, 0) is 15.6 Å². The van der Waals surface area contributed by atoms with Gasteiger partial charge < -0.3 is 33.3 Å². The van der Waals surface area contributed by atoms with Crippen molar-refractivity contribution >= 4 is 21.9 Å². The van der Waals surface area contributed by atoms with Gasteiger partial charge in [-0.15, -0.1) is 13.2 Å². The number of phenols is 2. The van der Waals surface area contributed by atoms with E-state index in [2.05, 4.69) is 13.2 Å². The van der Waals surface area contributed by atoms with E-state index >= 15 is 0 Å². The van der Waals surface area contributed by atoms with Gasteiger partial charge in [-0.05, 0) is 39.8 Å². The first-order chi connectivity index (χ1) is 21.9. The number of rotatable bonds is 4. The van der Waals surface area contributed by atoms with E-state index in [-0.39, 0.29) is 34.5 Å². The highest BCUT2D eigenvalue weighted by Gasteiger charge is 2.65. The lowest BCUT2D eigenvalue weighted by atomic mass is 9.64. The monoisotopic (exact) mass is 640 g/mol. The zero-order valence-corrected chi connectivity index (χ0v) is 27.9. The molecule has 5 heterocycles. The quantitative estimate of drug-likeness (QED) is 0.171. The Labute approximate surface area is 272 Å². The molecule has 0 bridgehead atoms. The Bertz CT molecular complexity index is 2010. The third-order valence-electron chi connectivity index (χ3n) is 10.6. The molecule has 0 radical (unpaired) electrons. The number of aromatic hydroxyl groups is 2. The first-order valence-electron chi connectivity index (χ1n) is 15.8. The van der Waals surface area contributed by atoms with E-state index in [1.165, 1.54) is 12.1 Å². The van der Waals surface area contributed by atoms with Crippen LogP contribution in [0, 0.1) is 11.8 Å². The molecule has 0 spiro atoms. The predicted octanol–water partition coefficient (Wildman–Crippen LogP) is 7.62. The molecule has 2 N–H and O–H groups in total. The maximum atomic E-state index is 12.5. The number of benzene rings is 2. The summed E-state index contributed by atoms with van der Waals surface area (Å²) >= 11 is 0. The molecular weight excluding hydrogens is 600 g/mol. The largest absolute Gasteiger partial charge is 0.507 e. The Balaban J connectivity index is 1.56. The fourth-order valence-electron chi connectivity index (χ4n) is 8.13. The standard InChI is InChI=1S/C38H40O9/c1-11-35(3,4)25-29-17(13-15-19(39)43-29)27(41)21-31-23(37(7,8)46-33(21)25)24-32(45-31)22-28(42)18-14-16-20(40)44-30(18)26(36(5,6)12-2)34(22)47-38(24,9)10/h11-16,23-24,31-32,41-42H,1-2H2,3-10H3/t23-,24-,31-,32+/m0/s1. The van der Waals surface area contributed by atoms with Crippen LogP contribution in [0.3, 0.4) is 0 Å². The van der Waals surface area contributed by atoms with Crippen LogP contribution in [0.5, 0.6) is 23.0 Å². The summed E-state index contributed by atoms with van der Waals surface area (Å²) in [6.45, 7) is 23.7. The maximum Gasteiger partial charge on any atom is 0.336 e. The van der Waals surface area contributed by atoms with Crippen LogP contribution >= 0.6 is 0 Å². The van der Waals surface area contributed by atoms with Crippen molar-refractivity contribution in [2.24, 2.45) is 11.8 Å². The van der Waals surface area contributed by atoms with Crippen LogP contribution in [-0.4, -0.2) is 21.4 Å². The summed E-state index contributed by atoms with van der Waals surface area (Å²) < 4.78 is 32.3. The molecule has 1 saturated heterocycles. The van der Waals surface area contributed by atoms with Gasteiger partial charge >= 0.3 is 11.3 Å². The van der Waals surface area contributed by atoms with Crippen molar-refractivity contribution in [3.05, 3.63) is 92.7 Å². The number of allylic oxidation sites excluding steroid dienone is 2. The lowest BCUT2D eigenvalue weighted by Crippen LogP contribution is -2.54. The molecule has 0 saturated carbocycles. The van der Waals surface area contributed by atoms with Crippen molar-refractivity contribution in [3.63, 3.8) is 0 Å². The van der Waals surface area contributed by atoms with Gasteiger partial charge in [-0.25, -0.2) is 9.59 Å². The zero-order chi connectivity index (χ0) is 34.2. The molecule has 2 aromatic carbocycles. The number of hydrogen-bond donors (Lipinski definition) is 2. The van der Waals surface area contributed by atoms with Crippen LogP contribution in [0.2, 0.25) is 0 Å². The van der Waals surface area contributed by atoms with Gasteiger partial charge in [0.05, 0.1) is 34.1 Å². The Morgan fingerprint density at radius 1 is 0.681 bits per heavy atom. The van der Waals surface area contributed by atoms with Crippen LogP contribution in [0.25, 0.3) is 21.9 Å². The van der Waals surface area contributed by atoms with Gasteiger partial charge in [0, 0.05) is 45.9 Å². The maximum absolute atomic E-state index is 12.5. The van der Waals surface area contributed by atoms with Crippen molar-refractivity contribution in [3.8, 4) is 23.0 Å². The third-order valence-corrected chi connectivity index (χ3v) is 10.6. The molecular formula is C38H40O9. The van der Waals surface area contributed by atoms with Gasteiger partial charge in [-0.3, -0.25) is 0 Å². The van der Waals surface area contributed by atoms with Gasteiger partial charge in [0.15, 0.2) is 0 Å². The lowest BCUT2D eigenvalue weighted by molar-refractivity contribution is -0.0704. The van der Waals surface area contributed by atoms with Gasteiger partial charge in [0.25, 0.3) is 0 Å². The van der Waals surface area contributed by atoms with Crippen molar-refractivity contribution in [1.29, 1.82) is 0 Å². The fraction of sp³-hybridized carbons (Fsp3) is 0.421. The van der Waals surface area contributed by atoms with E-state index < -0.39 is 45.5 Å². The van der Waals surface area contributed by atoms with Crippen molar-refractivity contribution < 1.29 is 33.3 Å². The average molecular weight is 641 g/mol. The summed E-state index contributed by atoms with van der Waals surface area (Å²) in [5, 5.41) is 24.6. The molecule has 0 aliphatic carbocycles. The minimum atomic E-state index is -0.890. The summed E-state index contributed by atoms with van der Waals surface area (Å²) in [5.41, 5.74) is -1.89. The normalized spacial score (nSPS) is 24.0. The molecule has 0 unspecified atom stereocenters. The molecule has 9 nitrogen and oxygen atoms in total. The second-order valence-corrected chi connectivity index (χ2v) is 15.2. The number of hydrogen-bond acceptors (Lipinski definition) is 9. The summed E-state index contributed by atoms with van der Waals surface area (Å²) in [7, 11) is 0. The van der Waals surface area contributed by atoms with E-state index in [0.29, 0.717) is 44.5 Å². The van der Waals surface area contributed by atoms with E-state index in [4.69, 9.17) is 23.0 Å². The van der Waals surface area contributed by atoms with Gasteiger partial charge in [0.2, 0.25) is 0 Å². The van der Waals surface area contributed by atoms with Gasteiger partial charge in [0.1, 0.15) is 45.4 Å². The third kappa shape index (κ3) is 4.11. The molecule has 2 aromatic heterocycles. The Morgan fingerprint density at radius 2 is 1.04 bits per heavy atom. The second kappa shape index (κ2) is 9.53. The minimum Gasteiger partial charge on any atom is -0.507 e. The summed E-state index contributed by atoms with van der Waals surface area (Å²) in [6.07, 6.45) is 2.07. The molecule has 246 valence electrons. The van der Waals surface area contributed by atoms with Crippen LogP contribution < -0.4 is 20.7 Å². The molecule has 4 atom stereocenters. The van der Waals surface area contributed by atoms with Crippen molar-refractivity contribution in [1.82, 2.24) is 0 Å². The lowest BCUT2D eigenvalue weighted by Gasteiger charge is -2.50. The summed E-state index contributed by atoms with van der Waals surface area (Å²) in [5.74, 6) is -0.220. The number of fused-ring (bicyclic) bond motifs is 9. The summed E-state index contributed by atoms with van der Waals surface area (Å²) in [4.78, 5) is 24.9. The van der Waals surface area contributed by atoms with Crippen molar-refractivity contribution in [2.45, 2.75) is 89.6 Å². The van der Waals surface area contributed by atoms with Gasteiger partial charge in [-0.2, -0.15) is 0 Å². The molecule has 9 heteroatoms. The van der Waals surface area contributed by atoms with Gasteiger partial charge in [-0.1, -0.05) is 39.8 Å². The van der Waals surface area contributed by atoms with E-state index in [1.54, 1.807) is 24.3 Å². The Morgan fingerprint density at radius 3 is 1.38 bits per heavy atom. The fourth-order valence-corrected chi connectivity index (χ4v) is 8.13. The smallest absolute Gasteiger partial charge is 0.336 e. The molecule has 1 fully saturated rings. The number of phenolic OH excluding ortho intramolecular Hbond substituents is 2. The molecule has 0 amide bonds. The van der Waals surface area contributed by atoms with Crippen LogP contribution in [0.1, 0.15) is 89.9 Å². The van der Waals surface area contributed by atoms with Crippen LogP contribution in [0.4, 0.5) is 0 Å². The first-order valence-corrected chi connectivity index (χ1v) is 15.8. The highest BCUT2D eigenvalue weighted by molar-refractivity contribution is 5.93. The number of ether oxygens (including phenoxy) is 3. The average Bonchev–Trinajstić information content (AvgIpc) is 3.39. The van der Waals surface area contributed by atoms with Crippen LogP contribution in [0.15, 0.2) is 68.0 Å². The highest BCUT2D eigenvalue weighted by Crippen LogP contribution is 2.69. The minimum absolute atomic E-state index is 0.108. The molecule has 47 heavy (non-hydrogen) atoms.